The number of likely N-dealkylation sites (N-methyl/N-ethyl adjacent to an activating group) is 1. The molecule has 0 amide bonds. The van der Waals surface area contributed by atoms with Crippen LogP contribution in [0.2, 0.25) is 0 Å². The number of alkyl halides is 3. The van der Waals surface area contributed by atoms with Gasteiger partial charge in [0.1, 0.15) is 5.75 Å². The highest BCUT2D eigenvalue weighted by Crippen LogP contribution is 2.37. The fourth-order valence-corrected chi connectivity index (χ4v) is 3.14. The predicted octanol–water partition coefficient (Wildman–Crippen LogP) is 4.79. The van der Waals surface area contributed by atoms with Gasteiger partial charge in [0.2, 0.25) is 0 Å². The SMILES string of the molecule is CN(CCO)Cc1cc(C(=O)c2ccccc2C(F)(F)F)cc(C(C)(C)C)c1O.Cl. The second-order valence-corrected chi connectivity index (χ2v) is 8.12. The van der Waals surface area contributed by atoms with Gasteiger partial charge in [-0.2, -0.15) is 13.2 Å². The quantitative estimate of drug-likeness (QED) is 0.628. The highest BCUT2D eigenvalue weighted by molar-refractivity contribution is 6.10. The summed E-state index contributed by atoms with van der Waals surface area (Å²) in [7, 11) is 1.74. The summed E-state index contributed by atoms with van der Waals surface area (Å²) in [5.74, 6) is -0.752. The molecule has 0 unspecified atom stereocenters. The van der Waals surface area contributed by atoms with Crippen molar-refractivity contribution < 1.29 is 28.2 Å². The van der Waals surface area contributed by atoms with Gasteiger partial charge in [-0.1, -0.05) is 39.0 Å². The number of benzene rings is 2. The molecule has 0 aliphatic carbocycles. The van der Waals surface area contributed by atoms with Crippen LogP contribution in [0.5, 0.6) is 5.75 Å². The molecule has 0 saturated heterocycles. The number of ketones is 1. The maximum absolute atomic E-state index is 13.4. The Morgan fingerprint density at radius 1 is 1.07 bits per heavy atom. The molecule has 2 rings (SSSR count). The molecule has 0 fully saturated rings. The zero-order valence-electron chi connectivity index (χ0n) is 17.4. The molecule has 0 spiro atoms. The van der Waals surface area contributed by atoms with Gasteiger partial charge in [0, 0.05) is 35.3 Å². The van der Waals surface area contributed by atoms with E-state index in [9.17, 15) is 23.1 Å². The van der Waals surface area contributed by atoms with E-state index in [1.807, 2.05) is 20.8 Å². The molecule has 0 aromatic heterocycles. The maximum atomic E-state index is 13.4. The Hall–Kier alpha value is -2.09. The van der Waals surface area contributed by atoms with Crippen LogP contribution in [0.25, 0.3) is 0 Å². The molecule has 2 aromatic rings. The van der Waals surface area contributed by atoms with Gasteiger partial charge < -0.3 is 10.2 Å². The number of phenolic OH excluding ortho intramolecular Hbond substituents is 1. The van der Waals surface area contributed by atoms with Crippen LogP contribution in [-0.4, -0.2) is 41.1 Å². The van der Waals surface area contributed by atoms with E-state index in [1.165, 1.54) is 24.3 Å². The van der Waals surface area contributed by atoms with E-state index in [4.69, 9.17) is 5.11 Å². The highest BCUT2D eigenvalue weighted by Gasteiger charge is 2.35. The first-order chi connectivity index (χ1) is 13.4. The molecule has 0 heterocycles. The molecule has 2 aromatic carbocycles. The number of phenols is 1. The molecule has 4 nitrogen and oxygen atoms in total. The van der Waals surface area contributed by atoms with Crippen molar-refractivity contribution in [1.82, 2.24) is 4.90 Å². The summed E-state index contributed by atoms with van der Waals surface area (Å²) < 4.78 is 40.1. The molecule has 0 atom stereocenters. The normalized spacial score (nSPS) is 12.0. The number of rotatable bonds is 6. The molecule has 30 heavy (non-hydrogen) atoms. The van der Waals surface area contributed by atoms with E-state index in [0.717, 1.165) is 12.1 Å². The van der Waals surface area contributed by atoms with E-state index < -0.39 is 28.5 Å². The zero-order chi connectivity index (χ0) is 22.0. The van der Waals surface area contributed by atoms with Crippen molar-refractivity contribution in [3.8, 4) is 5.75 Å². The third-order valence-corrected chi connectivity index (χ3v) is 4.66. The van der Waals surface area contributed by atoms with Gasteiger partial charge in [0.15, 0.2) is 5.78 Å². The van der Waals surface area contributed by atoms with Gasteiger partial charge in [-0.05, 0) is 30.7 Å². The standard InChI is InChI=1S/C22H26F3NO3.ClH/c1-21(2,3)18-12-14(11-15(20(18)29)13-26(4)9-10-27)19(28)16-7-5-6-8-17(16)22(23,24)25;/h5-8,11-12,27,29H,9-10,13H2,1-4H3;1H. The average molecular weight is 446 g/mol. The lowest BCUT2D eigenvalue weighted by atomic mass is 9.82. The third kappa shape index (κ3) is 5.97. The highest BCUT2D eigenvalue weighted by atomic mass is 35.5. The Morgan fingerprint density at radius 2 is 1.67 bits per heavy atom. The fourth-order valence-electron chi connectivity index (χ4n) is 3.14. The Labute approximate surface area is 180 Å². The van der Waals surface area contributed by atoms with Crippen LogP contribution >= 0.6 is 12.4 Å². The largest absolute Gasteiger partial charge is 0.507 e. The number of aliphatic hydroxyl groups is 1. The molecular weight excluding hydrogens is 419 g/mol. The van der Waals surface area contributed by atoms with Crippen molar-refractivity contribution in [3.05, 3.63) is 64.2 Å². The monoisotopic (exact) mass is 445 g/mol. The number of carbonyl (C=O) groups is 1. The number of halogens is 4. The molecule has 0 bridgehead atoms. The predicted molar refractivity (Wildman–Crippen MR) is 112 cm³/mol. The average Bonchev–Trinajstić information content (AvgIpc) is 2.61. The van der Waals surface area contributed by atoms with Crippen LogP contribution in [0.3, 0.4) is 0 Å². The van der Waals surface area contributed by atoms with Gasteiger partial charge in [-0.15, -0.1) is 12.4 Å². The van der Waals surface area contributed by atoms with Gasteiger partial charge in [-0.3, -0.25) is 9.69 Å². The lowest BCUT2D eigenvalue weighted by Crippen LogP contribution is -2.23. The minimum absolute atomic E-state index is 0. The number of aromatic hydroxyl groups is 1. The van der Waals surface area contributed by atoms with Crippen LogP contribution < -0.4 is 0 Å². The number of hydrogen-bond acceptors (Lipinski definition) is 4. The number of aliphatic hydroxyl groups excluding tert-OH is 1. The molecule has 166 valence electrons. The van der Waals surface area contributed by atoms with Crippen LogP contribution in [0.1, 0.15) is 53.4 Å². The summed E-state index contributed by atoms with van der Waals surface area (Å²) >= 11 is 0. The Kier molecular flexibility index (Phi) is 8.49. The molecule has 2 N–H and O–H groups in total. The number of carbonyl (C=O) groups excluding carboxylic acids is 1. The van der Waals surface area contributed by atoms with Gasteiger partial charge in [0.05, 0.1) is 12.2 Å². The van der Waals surface area contributed by atoms with E-state index in [0.29, 0.717) is 17.7 Å². The van der Waals surface area contributed by atoms with E-state index >= 15 is 0 Å². The van der Waals surface area contributed by atoms with Crippen molar-refractivity contribution >= 4 is 18.2 Å². The summed E-state index contributed by atoms with van der Waals surface area (Å²) in [6, 6.07) is 7.56. The molecular formula is C22H27ClF3NO3. The van der Waals surface area contributed by atoms with Crippen LogP contribution in [0.15, 0.2) is 36.4 Å². The van der Waals surface area contributed by atoms with E-state index in [2.05, 4.69) is 0 Å². The fraction of sp³-hybridized carbons (Fsp3) is 0.409. The zero-order valence-corrected chi connectivity index (χ0v) is 18.2. The summed E-state index contributed by atoms with van der Waals surface area (Å²) in [6.07, 6.45) is -4.65. The third-order valence-electron chi connectivity index (χ3n) is 4.66. The van der Waals surface area contributed by atoms with Crippen molar-refractivity contribution in [2.45, 2.75) is 38.9 Å². The first-order valence-electron chi connectivity index (χ1n) is 9.23. The summed E-state index contributed by atoms with van der Waals surface area (Å²) in [5, 5.41) is 19.8. The smallest absolute Gasteiger partial charge is 0.417 e. The van der Waals surface area contributed by atoms with Crippen molar-refractivity contribution in [1.29, 1.82) is 0 Å². The topological polar surface area (TPSA) is 60.8 Å². The Balaban J connectivity index is 0.00000450. The van der Waals surface area contributed by atoms with Crippen molar-refractivity contribution in [2.24, 2.45) is 0 Å². The maximum Gasteiger partial charge on any atom is 0.417 e. The second-order valence-electron chi connectivity index (χ2n) is 8.12. The van der Waals surface area contributed by atoms with Gasteiger partial charge in [-0.25, -0.2) is 0 Å². The first kappa shape index (κ1) is 25.9. The second kappa shape index (κ2) is 9.81. The summed E-state index contributed by atoms with van der Waals surface area (Å²) in [6.45, 7) is 6.04. The van der Waals surface area contributed by atoms with Crippen molar-refractivity contribution in [2.75, 3.05) is 20.2 Å². The minimum Gasteiger partial charge on any atom is -0.507 e. The molecule has 0 aliphatic rings. The van der Waals surface area contributed by atoms with Gasteiger partial charge >= 0.3 is 6.18 Å². The summed E-state index contributed by atoms with van der Waals surface area (Å²) in [5.41, 5.74) is -0.985. The molecule has 0 saturated carbocycles. The van der Waals surface area contributed by atoms with Crippen LogP contribution in [0.4, 0.5) is 13.2 Å². The number of hydrogen-bond donors (Lipinski definition) is 2. The van der Waals surface area contributed by atoms with Crippen molar-refractivity contribution in [3.63, 3.8) is 0 Å². The lowest BCUT2D eigenvalue weighted by Gasteiger charge is -2.25. The number of nitrogens with zero attached hydrogens (tertiary/aromatic N) is 1. The molecule has 0 aliphatic heterocycles. The Morgan fingerprint density at radius 3 is 2.20 bits per heavy atom. The minimum atomic E-state index is -4.65. The van der Waals surface area contributed by atoms with E-state index in [-0.39, 0.29) is 36.9 Å². The lowest BCUT2D eigenvalue weighted by molar-refractivity contribution is -0.137. The summed E-state index contributed by atoms with van der Waals surface area (Å²) in [4.78, 5) is 14.8. The first-order valence-corrected chi connectivity index (χ1v) is 9.23. The van der Waals surface area contributed by atoms with Gasteiger partial charge in [0.25, 0.3) is 0 Å². The molecule has 8 heteroatoms. The van der Waals surface area contributed by atoms with Crippen LogP contribution in [-0.2, 0) is 18.1 Å². The van der Waals surface area contributed by atoms with Crippen LogP contribution in [0, 0.1) is 0 Å². The molecule has 0 radical (unpaired) electrons. The van der Waals surface area contributed by atoms with E-state index in [1.54, 1.807) is 11.9 Å². The Bertz CT molecular complexity index is 892.